The van der Waals surface area contributed by atoms with Crippen molar-refractivity contribution < 1.29 is 23.8 Å². The van der Waals surface area contributed by atoms with E-state index in [1.807, 2.05) is 20.8 Å². The second kappa shape index (κ2) is 5.49. The van der Waals surface area contributed by atoms with Crippen molar-refractivity contribution in [3.63, 3.8) is 0 Å². The van der Waals surface area contributed by atoms with Crippen molar-refractivity contribution in [3.8, 4) is 0 Å². The molecule has 98 valence electrons. The summed E-state index contributed by atoms with van der Waals surface area (Å²) >= 11 is 0. The molecule has 0 N–H and O–H groups in total. The molecule has 0 spiro atoms. The molecule has 0 aromatic rings. The Hall–Kier alpha value is -1.10. The topological polar surface area (TPSA) is 61.8 Å². The van der Waals surface area contributed by atoms with Crippen LogP contribution in [0.5, 0.6) is 0 Å². The van der Waals surface area contributed by atoms with Crippen molar-refractivity contribution in [3.05, 3.63) is 0 Å². The van der Waals surface area contributed by atoms with Gasteiger partial charge in [-0.1, -0.05) is 20.8 Å². The number of hydrogen-bond donors (Lipinski definition) is 0. The van der Waals surface area contributed by atoms with Gasteiger partial charge in [0.05, 0.1) is 7.11 Å². The quantitative estimate of drug-likeness (QED) is 0.703. The summed E-state index contributed by atoms with van der Waals surface area (Å²) in [6, 6.07) is 0. The van der Waals surface area contributed by atoms with E-state index in [1.165, 1.54) is 7.11 Å². The highest BCUT2D eigenvalue weighted by Gasteiger charge is 2.41. The van der Waals surface area contributed by atoms with Crippen molar-refractivity contribution in [2.75, 3.05) is 7.11 Å². The zero-order valence-electron chi connectivity index (χ0n) is 10.8. The van der Waals surface area contributed by atoms with Gasteiger partial charge < -0.3 is 14.2 Å². The van der Waals surface area contributed by atoms with Crippen LogP contribution in [0.2, 0.25) is 0 Å². The Bertz CT molecular complexity index is 292. The molecular weight excluding hydrogens is 224 g/mol. The van der Waals surface area contributed by atoms with Gasteiger partial charge in [-0.25, -0.2) is 4.79 Å². The normalized spacial score (nSPS) is 24.6. The van der Waals surface area contributed by atoms with E-state index < -0.39 is 12.4 Å². The highest BCUT2D eigenvalue weighted by molar-refractivity contribution is 5.76. The van der Waals surface area contributed by atoms with E-state index in [0.29, 0.717) is 19.3 Å². The molecule has 0 aromatic heterocycles. The number of hydrogen-bond acceptors (Lipinski definition) is 5. The Morgan fingerprint density at radius 3 is 2.53 bits per heavy atom. The number of cyclic esters (lactones) is 1. The molecule has 1 saturated heterocycles. The molecule has 0 bridgehead atoms. The van der Waals surface area contributed by atoms with Crippen LogP contribution < -0.4 is 0 Å². The maximum absolute atomic E-state index is 11.5. The molecule has 1 heterocycles. The van der Waals surface area contributed by atoms with Gasteiger partial charge in [0.2, 0.25) is 6.29 Å². The lowest BCUT2D eigenvalue weighted by molar-refractivity contribution is -0.154. The van der Waals surface area contributed by atoms with Crippen LogP contribution in [0.3, 0.4) is 0 Å². The van der Waals surface area contributed by atoms with Gasteiger partial charge >= 0.3 is 11.9 Å². The minimum atomic E-state index is -0.552. The molecule has 0 saturated carbocycles. The number of esters is 2. The molecule has 2 atom stereocenters. The number of ether oxygens (including phenoxy) is 3. The second-order valence-corrected chi connectivity index (χ2v) is 5.23. The van der Waals surface area contributed by atoms with E-state index in [-0.39, 0.29) is 17.4 Å². The highest BCUT2D eigenvalue weighted by atomic mass is 16.8. The third-order valence-electron chi connectivity index (χ3n) is 2.56. The monoisotopic (exact) mass is 244 g/mol. The first kappa shape index (κ1) is 14.0. The largest absolute Gasteiger partial charge is 0.469 e. The summed E-state index contributed by atoms with van der Waals surface area (Å²) < 4.78 is 15.2. The van der Waals surface area contributed by atoms with Gasteiger partial charge in [-0.3, -0.25) is 4.79 Å². The molecule has 1 aliphatic heterocycles. The number of methoxy groups -OCH3 is 1. The van der Waals surface area contributed by atoms with Crippen LogP contribution in [0.15, 0.2) is 0 Å². The van der Waals surface area contributed by atoms with Crippen molar-refractivity contribution >= 4 is 11.9 Å². The zero-order valence-corrected chi connectivity index (χ0v) is 10.8. The lowest BCUT2D eigenvalue weighted by Gasteiger charge is -2.24. The summed E-state index contributed by atoms with van der Waals surface area (Å²) in [5.74, 6) is -0.612. The molecule has 5 nitrogen and oxygen atoms in total. The Balaban J connectivity index is 2.36. The van der Waals surface area contributed by atoms with Crippen LogP contribution in [0.4, 0.5) is 0 Å². The molecule has 5 heteroatoms. The Labute approximate surface area is 101 Å². The van der Waals surface area contributed by atoms with Crippen LogP contribution in [-0.2, 0) is 23.8 Å². The number of carbonyl (C=O) groups excluding carboxylic acids is 2. The maximum atomic E-state index is 11.5. The predicted octanol–water partition coefficient (Wildman–Crippen LogP) is 1.64. The van der Waals surface area contributed by atoms with Gasteiger partial charge in [0, 0.05) is 11.8 Å². The maximum Gasteiger partial charge on any atom is 0.337 e. The van der Waals surface area contributed by atoms with Gasteiger partial charge in [-0.2, -0.15) is 0 Å². The summed E-state index contributed by atoms with van der Waals surface area (Å²) in [7, 11) is 1.35. The smallest absolute Gasteiger partial charge is 0.337 e. The number of carbonyl (C=O) groups is 2. The minimum absolute atomic E-state index is 0.229. The molecule has 0 amide bonds. The Kier molecular flexibility index (Phi) is 4.51. The van der Waals surface area contributed by atoms with Gasteiger partial charge in [0.1, 0.15) is 0 Å². The third kappa shape index (κ3) is 4.00. The summed E-state index contributed by atoms with van der Waals surface area (Å²) in [6.07, 6.45) is 0.287. The van der Waals surface area contributed by atoms with Gasteiger partial charge in [-0.15, -0.1) is 0 Å². The Morgan fingerprint density at radius 2 is 2.06 bits per heavy atom. The molecule has 0 aromatic carbocycles. The van der Waals surface area contributed by atoms with Gasteiger partial charge in [-0.05, 0) is 12.8 Å². The average Bonchev–Trinajstić information content (AvgIpc) is 2.60. The first-order valence-electron chi connectivity index (χ1n) is 5.77. The van der Waals surface area contributed by atoms with Crippen molar-refractivity contribution in [1.82, 2.24) is 0 Å². The van der Waals surface area contributed by atoms with Crippen LogP contribution in [-0.4, -0.2) is 31.4 Å². The van der Waals surface area contributed by atoms with Crippen LogP contribution in [0, 0.1) is 5.41 Å². The van der Waals surface area contributed by atoms with E-state index in [9.17, 15) is 9.59 Å². The molecule has 2 unspecified atom stereocenters. The Morgan fingerprint density at radius 1 is 1.41 bits per heavy atom. The van der Waals surface area contributed by atoms with Crippen molar-refractivity contribution in [2.45, 2.75) is 52.4 Å². The fraction of sp³-hybridized carbons (Fsp3) is 0.833. The molecule has 0 aliphatic carbocycles. The average molecular weight is 244 g/mol. The third-order valence-corrected chi connectivity index (χ3v) is 2.56. The molecule has 17 heavy (non-hydrogen) atoms. The van der Waals surface area contributed by atoms with Crippen molar-refractivity contribution in [1.29, 1.82) is 0 Å². The predicted molar refractivity (Wildman–Crippen MR) is 60.1 cm³/mol. The van der Waals surface area contributed by atoms with E-state index in [0.717, 1.165) is 0 Å². The highest BCUT2D eigenvalue weighted by Crippen LogP contribution is 2.30. The van der Waals surface area contributed by atoms with Crippen LogP contribution in [0.1, 0.15) is 40.0 Å². The first-order chi connectivity index (χ1) is 7.84. The van der Waals surface area contributed by atoms with E-state index in [4.69, 9.17) is 9.47 Å². The lowest BCUT2D eigenvalue weighted by atomic mass is 9.96. The summed E-state index contributed by atoms with van der Waals surface area (Å²) in [5, 5.41) is 0. The molecule has 0 radical (unpaired) electrons. The SMILES string of the molecule is COC(=O)CCCC1OC(C(C)(C)C)OC1=O. The van der Waals surface area contributed by atoms with Crippen molar-refractivity contribution in [2.24, 2.45) is 5.41 Å². The van der Waals surface area contributed by atoms with Gasteiger partial charge in [0.25, 0.3) is 0 Å². The second-order valence-electron chi connectivity index (χ2n) is 5.23. The fourth-order valence-corrected chi connectivity index (χ4v) is 1.51. The first-order valence-corrected chi connectivity index (χ1v) is 5.77. The summed E-state index contributed by atoms with van der Waals surface area (Å²) in [4.78, 5) is 22.4. The van der Waals surface area contributed by atoms with Crippen LogP contribution >= 0.6 is 0 Å². The minimum Gasteiger partial charge on any atom is -0.469 e. The summed E-state index contributed by atoms with van der Waals surface area (Å²) in [6.45, 7) is 5.84. The van der Waals surface area contributed by atoms with E-state index in [1.54, 1.807) is 0 Å². The molecule has 1 fully saturated rings. The molecule has 1 aliphatic rings. The summed E-state index contributed by atoms with van der Waals surface area (Å²) in [5.41, 5.74) is -0.229. The van der Waals surface area contributed by atoms with Gasteiger partial charge in [0.15, 0.2) is 6.10 Å². The lowest BCUT2D eigenvalue weighted by Crippen LogP contribution is -2.27. The molecule has 1 rings (SSSR count). The van der Waals surface area contributed by atoms with E-state index >= 15 is 0 Å². The van der Waals surface area contributed by atoms with E-state index in [2.05, 4.69) is 4.74 Å². The van der Waals surface area contributed by atoms with Crippen LogP contribution in [0.25, 0.3) is 0 Å². The zero-order chi connectivity index (χ0) is 13.1. The standard InChI is InChI=1S/C12H20O5/c1-12(2,3)11-16-8(10(14)17-11)6-5-7-9(13)15-4/h8,11H,5-7H2,1-4H3. The number of rotatable bonds is 4. The molecular formula is C12H20O5. The fourth-order valence-electron chi connectivity index (χ4n) is 1.51.